The van der Waals surface area contributed by atoms with Crippen LogP contribution in [0.3, 0.4) is 0 Å². The summed E-state index contributed by atoms with van der Waals surface area (Å²) in [5.41, 5.74) is 0. The number of halogens is 1. The van der Waals surface area contributed by atoms with Crippen molar-refractivity contribution in [3.63, 3.8) is 0 Å². The maximum atomic E-state index is 5.77. The van der Waals surface area contributed by atoms with Gasteiger partial charge in [-0.1, -0.05) is 11.6 Å². The summed E-state index contributed by atoms with van der Waals surface area (Å²) in [4.78, 5) is 6.53. The molecule has 0 bridgehead atoms. The van der Waals surface area contributed by atoms with Crippen molar-refractivity contribution in [2.45, 2.75) is 13.0 Å². The number of hydrogen-bond acceptors (Lipinski definition) is 4. The standard InChI is InChI=1S/C8H12ClN3S/c1-6-4-12(3-2-10-6)8-11-7(9)5-13-8/h5-6,10H,2-4H2,1H3/t6-/m0/s1. The first-order chi connectivity index (χ1) is 6.25. The Morgan fingerprint density at radius 3 is 3.23 bits per heavy atom. The number of anilines is 1. The van der Waals surface area contributed by atoms with Crippen molar-refractivity contribution in [2.24, 2.45) is 0 Å². The van der Waals surface area contributed by atoms with Crippen LogP contribution in [-0.2, 0) is 0 Å². The van der Waals surface area contributed by atoms with Gasteiger partial charge in [0, 0.05) is 31.1 Å². The molecule has 1 fully saturated rings. The van der Waals surface area contributed by atoms with Crippen LogP contribution in [0.4, 0.5) is 5.13 Å². The fourth-order valence-electron chi connectivity index (χ4n) is 1.50. The van der Waals surface area contributed by atoms with Gasteiger partial charge in [0.2, 0.25) is 0 Å². The highest BCUT2D eigenvalue weighted by atomic mass is 35.5. The van der Waals surface area contributed by atoms with E-state index in [9.17, 15) is 0 Å². The van der Waals surface area contributed by atoms with E-state index < -0.39 is 0 Å². The zero-order chi connectivity index (χ0) is 9.26. The molecular formula is C8H12ClN3S. The molecule has 1 atom stereocenters. The molecule has 13 heavy (non-hydrogen) atoms. The first kappa shape index (κ1) is 9.24. The zero-order valence-corrected chi connectivity index (χ0v) is 9.03. The molecule has 1 aliphatic heterocycles. The van der Waals surface area contributed by atoms with E-state index in [0.29, 0.717) is 11.2 Å². The second-order valence-corrected chi connectivity index (χ2v) is 4.48. The van der Waals surface area contributed by atoms with E-state index in [1.54, 1.807) is 11.3 Å². The summed E-state index contributed by atoms with van der Waals surface area (Å²) in [7, 11) is 0. The Morgan fingerprint density at radius 2 is 2.62 bits per heavy atom. The molecule has 3 nitrogen and oxygen atoms in total. The van der Waals surface area contributed by atoms with E-state index in [2.05, 4.69) is 22.1 Å². The molecule has 1 N–H and O–H groups in total. The van der Waals surface area contributed by atoms with Crippen molar-refractivity contribution in [1.29, 1.82) is 0 Å². The zero-order valence-electron chi connectivity index (χ0n) is 7.46. The van der Waals surface area contributed by atoms with E-state index in [-0.39, 0.29) is 0 Å². The smallest absolute Gasteiger partial charge is 0.186 e. The van der Waals surface area contributed by atoms with Crippen LogP contribution in [0.1, 0.15) is 6.92 Å². The summed E-state index contributed by atoms with van der Waals surface area (Å²) >= 11 is 7.39. The number of nitrogens with one attached hydrogen (secondary N) is 1. The normalized spacial score (nSPS) is 23.5. The van der Waals surface area contributed by atoms with Gasteiger partial charge in [-0.2, -0.15) is 0 Å². The van der Waals surface area contributed by atoms with Gasteiger partial charge < -0.3 is 10.2 Å². The van der Waals surface area contributed by atoms with Gasteiger partial charge in [0.05, 0.1) is 0 Å². The largest absolute Gasteiger partial charge is 0.345 e. The summed E-state index contributed by atoms with van der Waals surface area (Å²) in [6.45, 7) is 5.25. The van der Waals surface area contributed by atoms with E-state index >= 15 is 0 Å². The first-order valence-corrected chi connectivity index (χ1v) is 5.61. The molecule has 2 rings (SSSR count). The Kier molecular flexibility index (Phi) is 2.71. The number of nitrogens with zero attached hydrogens (tertiary/aromatic N) is 2. The quantitative estimate of drug-likeness (QED) is 0.775. The lowest BCUT2D eigenvalue weighted by molar-refractivity contribution is 0.484. The van der Waals surface area contributed by atoms with Crippen LogP contribution in [-0.4, -0.2) is 30.7 Å². The van der Waals surface area contributed by atoms with Crippen LogP contribution < -0.4 is 10.2 Å². The van der Waals surface area contributed by atoms with Gasteiger partial charge in [0.15, 0.2) is 5.13 Å². The van der Waals surface area contributed by atoms with E-state index in [4.69, 9.17) is 11.6 Å². The molecule has 1 saturated heterocycles. The number of piperazine rings is 1. The van der Waals surface area contributed by atoms with Gasteiger partial charge in [-0.3, -0.25) is 0 Å². The highest BCUT2D eigenvalue weighted by Gasteiger charge is 2.17. The third kappa shape index (κ3) is 2.13. The summed E-state index contributed by atoms with van der Waals surface area (Å²) in [5.74, 6) is 0. The highest BCUT2D eigenvalue weighted by Crippen LogP contribution is 2.23. The monoisotopic (exact) mass is 217 g/mol. The summed E-state index contributed by atoms with van der Waals surface area (Å²) in [5, 5.41) is 6.91. The van der Waals surface area contributed by atoms with Crippen LogP contribution in [0.2, 0.25) is 5.15 Å². The fraction of sp³-hybridized carbons (Fsp3) is 0.625. The Labute approximate surface area is 86.7 Å². The second-order valence-electron chi connectivity index (χ2n) is 3.25. The molecular weight excluding hydrogens is 206 g/mol. The maximum Gasteiger partial charge on any atom is 0.186 e. The van der Waals surface area contributed by atoms with Crippen LogP contribution >= 0.6 is 22.9 Å². The SMILES string of the molecule is C[C@H]1CN(c2nc(Cl)cs2)CCN1. The Hall–Kier alpha value is -0.320. The molecule has 0 saturated carbocycles. The molecule has 0 spiro atoms. The third-order valence-electron chi connectivity index (χ3n) is 2.10. The molecule has 1 aliphatic rings. The highest BCUT2D eigenvalue weighted by molar-refractivity contribution is 7.14. The molecule has 0 radical (unpaired) electrons. The maximum absolute atomic E-state index is 5.77. The Bertz CT molecular complexity index is 289. The van der Waals surface area contributed by atoms with Crippen molar-refractivity contribution in [3.8, 4) is 0 Å². The molecule has 2 heterocycles. The lowest BCUT2D eigenvalue weighted by atomic mass is 10.2. The predicted octanol–water partition coefficient (Wildman–Crippen LogP) is 1.59. The van der Waals surface area contributed by atoms with Crippen molar-refractivity contribution in [1.82, 2.24) is 10.3 Å². The van der Waals surface area contributed by atoms with Crippen molar-refractivity contribution in [2.75, 3.05) is 24.5 Å². The van der Waals surface area contributed by atoms with E-state index in [0.717, 1.165) is 24.8 Å². The molecule has 0 amide bonds. The molecule has 0 aromatic carbocycles. The third-order valence-corrected chi connectivity index (χ3v) is 3.33. The fourth-order valence-corrected chi connectivity index (χ4v) is 2.48. The molecule has 1 aromatic heterocycles. The molecule has 72 valence electrons. The topological polar surface area (TPSA) is 28.2 Å². The van der Waals surface area contributed by atoms with E-state index in [1.807, 2.05) is 5.38 Å². The average molecular weight is 218 g/mol. The van der Waals surface area contributed by atoms with Gasteiger partial charge in [0.1, 0.15) is 5.15 Å². The predicted molar refractivity (Wildman–Crippen MR) is 56.8 cm³/mol. The molecule has 0 aliphatic carbocycles. The molecule has 5 heteroatoms. The minimum atomic E-state index is 0.538. The summed E-state index contributed by atoms with van der Waals surface area (Å²) in [6.07, 6.45) is 0. The summed E-state index contributed by atoms with van der Waals surface area (Å²) in [6, 6.07) is 0.538. The number of hydrogen-bond donors (Lipinski definition) is 1. The van der Waals surface area contributed by atoms with Gasteiger partial charge in [-0.15, -0.1) is 11.3 Å². The Morgan fingerprint density at radius 1 is 1.77 bits per heavy atom. The van der Waals surface area contributed by atoms with Crippen molar-refractivity contribution >= 4 is 28.1 Å². The number of aromatic nitrogens is 1. The van der Waals surface area contributed by atoms with Crippen molar-refractivity contribution < 1.29 is 0 Å². The van der Waals surface area contributed by atoms with Crippen LogP contribution in [0.5, 0.6) is 0 Å². The minimum absolute atomic E-state index is 0.538. The first-order valence-electron chi connectivity index (χ1n) is 4.35. The van der Waals surface area contributed by atoms with Gasteiger partial charge in [0.25, 0.3) is 0 Å². The van der Waals surface area contributed by atoms with Gasteiger partial charge in [-0.25, -0.2) is 4.98 Å². The van der Waals surface area contributed by atoms with Crippen LogP contribution in [0, 0.1) is 0 Å². The van der Waals surface area contributed by atoms with Crippen molar-refractivity contribution in [3.05, 3.63) is 10.5 Å². The summed E-state index contributed by atoms with van der Waals surface area (Å²) < 4.78 is 0. The molecule has 1 aromatic rings. The number of thiazole rings is 1. The average Bonchev–Trinajstić information content (AvgIpc) is 2.52. The minimum Gasteiger partial charge on any atom is -0.345 e. The lowest BCUT2D eigenvalue weighted by Gasteiger charge is -2.31. The van der Waals surface area contributed by atoms with Crippen LogP contribution in [0.15, 0.2) is 5.38 Å². The lowest BCUT2D eigenvalue weighted by Crippen LogP contribution is -2.49. The van der Waals surface area contributed by atoms with E-state index in [1.165, 1.54) is 0 Å². The molecule has 0 unspecified atom stereocenters. The van der Waals surface area contributed by atoms with Gasteiger partial charge >= 0.3 is 0 Å². The Balaban J connectivity index is 2.08. The number of rotatable bonds is 1. The van der Waals surface area contributed by atoms with Crippen LogP contribution in [0.25, 0.3) is 0 Å². The second kappa shape index (κ2) is 3.82. The van der Waals surface area contributed by atoms with Gasteiger partial charge in [-0.05, 0) is 6.92 Å².